The van der Waals surface area contributed by atoms with E-state index in [-0.39, 0.29) is 5.97 Å². The van der Waals surface area contributed by atoms with E-state index in [1.807, 2.05) is 18.2 Å². The van der Waals surface area contributed by atoms with E-state index in [4.69, 9.17) is 9.47 Å². The molecule has 100 valence electrons. The number of methoxy groups -OCH3 is 2. The first-order chi connectivity index (χ1) is 8.54. The average Bonchev–Trinajstić information content (AvgIpc) is 2.39. The van der Waals surface area contributed by atoms with Crippen LogP contribution in [0.25, 0.3) is 0 Å². The number of likely N-dealkylation sites (N-methyl/N-ethyl adjacent to an activating group) is 1. The number of rotatable bonds is 5. The van der Waals surface area contributed by atoms with Gasteiger partial charge in [-0.25, -0.2) is 4.79 Å². The smallest absolute Gasteiger partial charge is 0.327 e. The molecule has 0 aliphatic rings. The molecule has 0 aliphatic heterocycles. The molecule has 4 heteroatoms. The van der Waals surface area contributed by atoms with Gasteiger partial charge < -0.3 is 14.8 Å². The number of ether oxygens (including phenoxy) is 2. The lowest BCUT2D eigenvalue weighted by molar-refractivity contribution is -0.143. The van der Waals surface area contributed by atoms with Crippen LogP contribution in [0, 0.1) is 0 Å². The van der Waals surface area contributed by atoms with Gasteiger partial charge in [-0.2, -0.15) is 0 Å². The van der Waals surface area contributed by atoms with Gasteiger partial charge in [0.25, 0.3) is 0 Å². The fraction of sp³-hybridized carbons (Fsp3) is 0.500. The minimum atomic E-state index is -0.446. The van der Waals surface area contributed by atoms with Crippen molar-refractivity contribution in [3.8, 4) is 5.75 Å². The Balaban J connectivity index is 3.17. The van der Waals surface area contributed by atoms with Gasteiger partial charge in [0, 0.05) is 0 Å². The Kier molecular flexibility index (Phi) is 5.16. The van der Waals surface area contributed by atoms with Gasteiger partial charge in [0.1, 0.15) is 11.8 Å². The number of esters is 1. The lowest BCUT2D eigenvalue weighted by atomic mass is 9.96. The van der Waals surface area contributed by atoms with Crippen molar-refractivity contribution < 1.29 is 14.3 Å². The number of nitrogens with one attached hydrogen (secondary N) is 1. The van der Waals surface area contributed by atoms with Crippen LogP contribution in [0.1, 0.15) is 36.9 Å². The van der Waals surface area contributed by atoms with Crippen LogP contribution in [-0.2, 0) is 9.53 Å². The summed E-state index contributed by atoms with van der Waals surface area (Å²) in [5.74, 6) is 0.876. The third-order valence-electron chi connectivity index (χ3n) is 2.93. The van der Waals surface area contributed by atoms with Crippen molar-refractivity contribution in [2.75, 3.05) is 21.3 Å². The molecule has 1 aromatic carbocycles. The van der Waals surface area contributed by atoms with E-state index in [0.29, 0.717) is 5.92 Å². The minimum absolute atomic E-state index is 0.294. The molecular weight excluding hydrogens is 230 g/mol. The lowest BCUT2D eigenvalue weighted by Gasteiger charge is -2.18. The fourth-order valence-electron chi connectivity index (χ4n) is 1.92. The van der Waals surface area contributed by atoms with E-state index in [2.05, 4.69) is 19.2 Å². The minimum Gasteiger partial charge on any atom is -0.496 e. The Morgan fingerprint density at radius 2 is 1.94 bits per heavy atom. The van der Waals surface area contributed by atoms with E-state index in [1.54, 1.807) is 14.2 Å². The molecule has 0 spiro atoms. The molecule has 0 saturated carbocycles. The van der Waals surface area contributed by atoms with Gasteiger partial charge in [-0.15, -0.1) is 0 Å². The van der Waals surface area contributed by atoms with Crippen LogP contribution in [0.15, 0.2) is 18.2 Å². The van der Waals surface area contributed by atoms with Crippen molar-refractivity contribution in [2.24, 2.45) is 0 Å². The van der Waals surface area contributed by atoms with Crippen LogP contribution >= 0.6 is 0 Å². The molecule has 0 heterocycles. The van der Waals surface area contributed by atoms with E-state index in [0.717, 1.165) is 16.9 Å². The first-order valence-corrected chi connectivity index (χ1v) is 5.98. The molecule has 4 nitrogen and oxygen atoms in total. The highest BCUT2D eigenvalue weighted by atomic mass is 16.5. The average molecular weight is 251 g/mol. The molecule has 1 N–H and O–H groups in total. The molecule has 1 unspecified atom stereocenters. The molecule has 0 bridgehead atoms. The second kappa shape index (κ2) is 6.40. The molecule has 1 aromatic rings. The van der Waals surface area contributed by atoms with E-state index >= 15 is 0 Å². The Bertz CT molecular complexity index is 416. The van der Waals surface area contributed by atoms with Crippen molar-refractivity contribution in [3.05, 3.63) is 29.3 Å². The lowest BCUT2D eigenvalue weighted by Crippen LogP contribution is -2.26. The Labute approximate surface area is 108 Å². The zero-order chi connectivity index (χ0) is 13.7. The van der Waals surface area contributed by atoms with Gasteiger partial charge in [0.05, 0.1) is 14.2 Å². The van der Waals surface area contributed by atoms with Gasteiger partial charge in [0.2, 0.25) is 0 Å². The molecule has 0 fully saturated rings. The SMILES string of the molecule is CNC(C(=O)OC)c1ccc(OC)c(C(C)C)c1. The van der Waals surface area contributed by atoms with Crippen LogP contribution in [-0.4, -0.2) is 27.2 Å². The Hall–Kier alpha value is -1.55. The second-order valence-corrected chi connectivity index (χ2v) is 4.40. The fourth-order valence-corrected chi connectivity index (χ4v) is 1.92. The zero-order valence-corrected chi connectivity index (χ0v) is 11.6. The van der Waals surface area contributed by atoms with Crippen LogP contribution in [0.4, 0.5) is 0 Å². The van der Waals surface area contributed by atoms with Gasteiger partial charge in [-0.05, 0) is 36.2 Å². The predicted octanol–water partition coefficient (Wildman–Crippen LogP) is 2.25. The van der Waals surface area contributed by atoms with Crippen molar-refractivity contribution in [1.82, 2.24) is 5.32 Å². The van der Waals surface area contributed by atoms with Crippen LogP contribution in [0.2, 0.25) is 0 Å². The van der Waals surface area contributed by atoms with Crippen molar-refractivity contribution in [3.63, 3.8) is 0 Å². The number of carbonyl (C=O) groups excluding carboxylic acids is 1. The number of hydrogen-bond donors (Lipinski definition) is 1. The Morgan fingerprint density at radius 3 is 2.39 bits per heavy atom. The molecule has 18 heavy (non-hydrogen) atoms. The summed E-state index contributed by atoms with van der Waals surface area (Å²) in [5.41, 5.74) is 1.97. The van der Waals surface area contributed by atoms with Gasteiger partial charge in [-0.1, -0.05) is 19.9 Å². The summed E-state index contributed by atoms with van der Waals surface area (Å²) in [6, 6.07) is 5.31. The zero-order valence-electron chi connectivity index (χ0n) is 11.6. The molecule has 0 saturated heterocycles. The number of carbonyl (C=O) groups is 1. The van der Waals surface area contributed by atoms with Crippen LogP contribution in [0.5, 0.6) is 5.75 Å². The van der Waals surface area contributed by atoms with E-state index in [9.17, 15) is 4.79 Å². The summed E-state index contributed by atoms with van der Waals surface area (Å²) in [4.78, 5) is 11.7. The van der Waals surface area contributed by atoms with E-state index < -0.39 is 6.04 Å². The molecule has 1 rings (SSSR count). The first kappa shape index (κ1) is 14.5. The highest BCUT2D eigenvalue weighted by molar-refractivity contribution is 5.77. The summed E-state index contributed by atoms with van der Waals surface area (Å²) < 4.78 is 10.1. The first-order valence-electron chi connectivity index (χ1n) is 5.98. The predicted molar refractivity (Wildman–Crippen MR) is 70.9 cm³/mol. The third-order valence-corrected chi connectivity index (χ3v) is 2.93. The maximum atomic E-state index is 11.7. The number of benzene rings is 1. The molecule has 1 atom stereocenters. The molecule has 0 radical (unpaired) electrons. The maximum absolute atomic E-state index is 11.7. The standard InChI is InChI=1S/C14H21NO3/c1-9(2)11-8-10(6-7-12(11)17-4)13(15-3)14(16)18-5/h6-9,13,15H,1-5H3. The van der Waals surface area contributed by atoms with Crippen molar-refractivity contribution in [2.45, 2.75) is 25.8 Å². The van der Waals surface area contributed by atoms with Crippen molar-refractivity contribution >= 4 is 5.97 Å². The van der Waals surface area contributed by atoms with Crippen LogP contribution < -0.4 is 10.1 Å². The quantitative estimate of drug-likeness (QED) is 0.815. The normalized spacial score (nSPS) is 12.3. The summed E-state index contributed by atoms with van der Waals surface area (Å²) in [6.45, 7) is 4.18. The highest BCUT2D eigenvalue weighted by Gasteiger charge is 2.21. The summed E-state index contributed by atoms with van der Waals surface area (Å²) in [5, 5.41) is 2.96. The second-order valence-electron chi connectivity index (χ2n) is 4.40. The van der Waals surface area contributed by atoms with Gasteiger partial charge in [0.15, 0.2) is 0 Å². The monoisotopic (exact) mass is 251 g/mol. The molecule has 0 amide bonds. The van der Waals surface area contributed by atoms with Gasteiger partial charge in [-0.3, -0.25) is 0 Å². The number of hydrogen-bond acceptors (Lipinski definition) is 4. The topological polar surface area (TPSA) is 47.6 Å². The highest BCUT2D eigenvalue weighted by Crippen LogP contribution is 2.29. The summed E-state index contributed by atoms with van der Waals surface area (Å²) in [6.07, 6.45) is 0. The Morgan fingerprint density at radius 1 is 1.28 bits per heavy atom. The molecule has 0 aromatic heterocycles. The largest absolute Gasteiger partial charge is 0.496 e. The molecule has 0 aliphatic carbocycles. The molecular formula is C14H21NO3. The summed E-state index contributed by atoms with van der Waals surface area (Å²) in [7, 11) is 4.77. The third kappa shape index (κ3) is 3.01. The van der Waals surface area contributed by atoms with E-state index in [1.165, 1.54) is 7.11 Å². The summed E-state index contributed by atoms with van der Waals surface area (Å²) >= 11 is 0. The van der Waals surface area contributed by atoms with Crippen LogP contribution in [0.3, 0.4) is 0 Å². The van der Waals surface area contributed by atoms with Gasteiger partial charge >= 0.3 is 5.97 Å². The maximum Gasteiger partial charge on any atom is 0.327 e. The van der Waals surface area contributed by atoms with Crippen molar-refractivity contribution in [1.29, 1.82) is 0 Å².